The Bertz CT molecular complexity index is 719. The van der Waals surface area contributed by atoms with Crippen molar-refractivity contribution in [2.24, 2.45) is 0 Å². The van der Waals surface area contributed by atoms with Gasteiger partial charge in [0.1, 0.15) is 5.75 Å². The van der Waals surface area contributed by atoms with Crippen LogP contribution in [0.25, 0.3) is 10.8 Å². The van der Waals surface area contributed by atoms with Crippen LogP contribution >= 0.6 is 11.3 Å². The van der Waals surface area contributed by atoms with Crippen LogP contribution in [0.2, 0.25) is 0 Å². The van der Waals surface area contributed by atoms with Crippen molar-refractivity contribution in [1.82, 2.24) is 4.90 Å². The maximum absolute atomic E-state index is 10.4. The van der Waals surface area contributed by atoms with Gasteiger partial charge in [-0.15, -0.1) is 11.3 Å². The van der Waals surface area contributed by atoms with Gasteiger partial charge < -0.3 is 5.11 Å². The summed E-state index contributed by atoms with van der Waals surface area (Å²) in [4.78, 5) is 3.38. The second kappa shape index (κ2) is 5.27. The number of nitrogens with zero attached hydrogens (tertiary/aromatic N) is 1. The number of phenolic OH excluding ortho intramolecular Hbond substituents is 1. The van der Waals surface area contributed by atoms with Gasteiger partial charge in [0.15, 0.2) is 0 Å². The molecule has 1 atom stereocenters. The smallest absolute Gasteiger partial charge is 0.121 e. The molecule has 0 saturated carbocycles. The molecule has 0 spiro atoms. The van der Waals surface area contributed by atoms with E-state index in [0.29, 0.717) is 5.75 Å². The minimum absolute atomic E-state index is 0.0705. The Labute approximate surface area is 122 Å². The molecule has 0 aliphatic rings. The Hall–Kier alpha value is -1.84. The Morgan fingerprint density at radius 3 is 2.50 bits per heavy atom. The molecule has 2 nitrogen and oxygen atoms in total. The Morgan fingerprint density at radius 1 is 1.00 bits per heavy atom. The lowest BCUT2D eigenvalue weighted by atomic mass is 9.96. The van der Waals surface area contributed by atoms with Gasteiger partial charge in [0.05, 0.1) is 6.04 Å². The molecule has 2 aromatic carbocycles. The number of aromatic hydroxyl groups is 1. The molecule has 0 radical (unpaired) electrons. The fraction of sp³-hybridized carbons (Fsp3) is 0.176. The molecule has 102 valence electrons. The molecule has 3 heteroatoms. The van der Waals surface area contributed by atoms with Crippen molar-refractivity contribution in [3.8, 4) is 5.75 Å². The first kappa shape index (κ1) is 13.2. The molecular weight excluding hydrogens is 266 g/mol. The number of hydrogen-bond donors (Lipinski definition) is 1. The standard InChI is InChI=1S/C17H17NOS/c1-18(2)17(15-8-5-11-20-15)16-13-7-4-3-6-12(13)9-10-14(16)19/h3-11,17,19H,1-2H3. The maximum Gasteiger partial charge on any atom is 0.121 e. The van der Waals surface area contributed by atoms with Crippen molar-refractivity contribution < 1.29 is 5.11 Å². The van der Waals surface area contributed by atoms with Crippen molar-refractivity contribution in [3.63, 3.8) is 0 Å². The van der Waals surface area contributed by atoms with Crippen molar-refractivity contribution in [2.45, 2.75) is 6.04 Å². The van der Waals surface area contributed by atoms with Crippen LogP contribution in [0.3, 0.4) is 0 Å². The van der Waals surface area contributed by atoms with Crippen molar-refractivity contribution in [2.75, 3.05) is 14.1 Å². The van der Waals surface area contributed by atoms with E-state index >= 15 is 0 Å². The zero-order chi connectivity index (χ0) is 14.1. The normalized spacial score (nSPS) is 12.9. The van der Waals surface area contributed by atoms with Crippen LogP contribution in [0.5, 0.6) is 5.75 Å². The summed E-state index contributed by atoms with van der Waals surface area (Å²) < 4.78 is 0. The molecule has 0 saturated heterocycles. The lowest BCUT2D eigenvalue weighted by Gasteiger charge is -2.26. The third-order valence-electron chi connectivity index (χ3n) is 3.55. The van der Waals surface area contributed by atoms with Gasteiger partial charge in [0.25, 0.3) is 0 Å². The van der Waals surface area contributed by atoms with E-state index in [1.165, 1.54) is 4.88 Å². The summed E-state index contributed by atoms with van der Waals surface area (Å²) in [6.45, 7) is 0. The number of fused-ring (bicyclic) bond motifs is 1. The zero-order valence-electron chi connectivity index (χ0n) is 11.6. The van der Waals surface area contributed by atoms with E-state index < -0.39 is 0 Å². The van der Waals surface area contributed by atoms with Gasteiger partial charge in [-0.3, -0.25) is 4.90 Å². The Morgan fingerprint density at radius 2 is 1.80 bits per heavy atom. The average molecular weight is 283 g/mol. The summed E-state index contributed by atoms with van der Waals surface area (Å²) in [5.74, 6) is 0.357. The predicted molar refractivity (Wildman–Crippen MR) is 85.5 cm³/mol. The summed E-state index contributed by atoms with van der Waals surface area (Å²) >= 11 is 1.72. The van der Waals surface area contributed by atoms with Gasteiger partial charge in [-0.05, 0) is 42.4 Å². The molecule has 1 heterocycles. The summed E-state index contributed by atoms with van der Waals surface area (Å²) in [6, 6.07) is 16.2. The monoisotopic (exact) mass is 283 g/mol. The average Bonchev–Trinajstić information content (AvgIpc) is 2.95. The lowest BCUT2D eigenvalue weighted by molar-refractivity contribution is 0.337. The fourth-order valence-electron chi connectivity index (χ4n) is 2.67. The minimum Gasteiger partial charge on any atom is -0.508 e. The second-order valence-electron chi connectivity index (χ2n) is 5.10. The van der Waals surface area contributed by atoms with Gasteiger partial charge in [-0.25, -0.2) is 0 Å². The summed E-state index contributed by atoms with van der Waals surface area (Å²) in [5, 5.41) is 14.7. The maximum atomic E-state index is 10.4. The molecule has 0 amide bonds. The molecule has 3 aromatic rings. The number of hydrogen-bond acceptors (Lipinski definition) is 3. The van der Waals surface area contributed by atoms with E-state index in [1.54, 1.807) is 17.4 Å². The first-order chi connectivity index (χ1) is 9.68. The van der Waals surface area contributed by atoms with E-state index in [0.717, 1.165) is 16.3 Å². The van der Waals surface area contributed by atoms with Crippen LogP contribution in [-0.2, 0) is 0 Å². The molecule has 3 rings (SSSR count). The first-order valence-electron chi connectivity index (χ1n) is 6.59. The Balaban J connectivity index is 2.28. The molecule has 1 unspecified atom stereocenters. The van der Waals surface area contributed by atoms with Crippen molar-refractivity contribution in [3.05, 3.63) is 64.4 Å². The summed E-state index contributed by atoms with van der Waals surface area (Å²) in [7, 11) is 4.09. The van der Waals surface area contributed by atoms with Crippen LogP contribution in [0.1, 0.15) is 16.5 Å². The quantitative estimate of drug-likeness (QED) is 0.776. The van der Waals surface area contributed by atoms with Gasteiger partial charge in [0, 0.05) is 10.4 Å². The number of thiophene rings is 1. The van der Waals surface area contributed by atoms with Gasteiger partial charge >= 0.3 is 0 Å². The van der Waals surface area contributed by atoms with Gasteiger partial charge in [-0.2, -0.15) is 0 Å². The highest BCUT2D eigenvalue weighted by Crippen LogP contribution is 2.39. The number of rotatable bonds is 3. The Kier molecular flexibility index (Phi) is 3.47. The van der Waals surface area contributed by atoms with E-state index in [9.17, 15) is 5.11 Å². The molecule has 1 aromatic heterocycles. The molecule has 20 heavy (non-hydrogen) atoms. The summed E-state index contributed by atoms with van der Waals surface area (Å²) in [5.41, 5.74) is 0.982. The van der Waals surface area contributed by atoms with E-state index in [1.807, 2.05) is 32.3 Å². The van der Waals surface area contributed by atoms with Gasteiger partial charge in [-0.1, -0.05) is 36.4 Å². The predicted octanol–water partition coefficient (Wildman–Crippen LogP) is 4.26. The van der Waals surface area contributed by atoms with E-state index in [4.69, 9.17) is 0 Å². The van der Waals surface area contributed by atoms with Crippen LogP contribution in [0.4, 0.5) is 0 Å². The van der Waals surface area contributed by atoms with Crippen molar-refractivity contribution >= 4 is 22.1 Å². The molecule has 0 fully saturated rings. The highest BCUT2D eigenvalue weighted by molar-refractivity contribution is 7.10. The highest BCUT2D eigenvalue weighted by atomic mass is 32.1. The van der Waals surface area contributed by atoms with Crippen LogP contribution in [0.15, 0.2) is 53.9 Å². The summed E-state index contributed by atoms with van der Waals surface area (Å²) in [6.07, 6.45) is 0. The largest absolute Gasteiger partial charge is 0.508 e. The molecule has 1 N–H and O–H groups in total. The molecule has 0 aliphatic carbocycles. The zero-order valence-corrected chi connectivity index (χ0v) is 12.4. The molecule has 0 bridgehead atoms. The number of phenols is 1. The first-order valence-corrected chi connectivity index (χ1v) is 7.47. The fourth-order valence-corrected chi connectivity index (χ4v) is 3.60. The van der Waals surface area contributed by atoms with E-state index in [-0.39, 0.29) is 6.04 Å². The third kappa shape index (κ3) is 2.19. The topological polar surface area (TPSA) is 23.5 Å². The van der Waals surface area contributed by atoms with Crippen LogP contribution in [-0.4, -0.2) is 24.1 Å². The second-order valence-corrected chi connectivity index (χ2v) is 6.08. The molecular formula is C17H17NOS. The highest BCUT2D eigenvalue weighted by Gasteiger charge is 2.23. The lowest BCUT2D eigenvalue weighted by Crippen LogP contribution is -2.20. The van der Waals surface area contributed by atoms with Crippen LogP contribution in [0, 0.1) is 0 Å². The third-order valence-corrected chi connectivity index (χ3v) is 4.47. The SMILES string of the molecule is CN(C)C(c1cccs1)c1c(O)ccc2ccccc12. The van der Waals surface area contributed by atoms with Gasteiger partial charge in [0.2, 0.25) is 0 Å². The molecule has 0 aliphatic heterocycles. The minimum atomic E-state index is 0.0705. The van der Waals surface area contributed by atoms with Crippen LogP contribution < -0.4 is 0 Å². The van der Waals surface area contributed by atoms with E-state index in [2.05, 4.69) is 34.5 Å². The van der Waals surface area contributed by atoms with Crippen molar-refractivity contribution in [1.29, 1.82) is 0 Å². The number of benzene rings is 2.